The van der Waals surface area contributed by atoms with E-state index in [-0.39, 0.29) is 12.1 Å². The van der Waals surface area contributed by atoms with E-state index >= 15 is 0 Å². The van der Waals surface area contributed by atoms with Crippen LogP contribution in [0.4, 0.5) is 10.5 Å². The van der Waals surface area contributed by atoms with Crippen molar-refractivity contribution >= 4 is 34.9 Å². The summed E-state index contributed by atoms with van der Waals surface area (Å²) in [6.07, 6.45) is 2.06. The molecule has 4 rings (SSSR count). The molecular formula is C20H17Cl2N3O. The summed E-state index contributed by atoms with van der Waals surface area (Å²) in [5, 5.41) is 3.81. The number of anilines is 1. The maximum atomic E-state index is 13.0. The van der Waals surface area contributed by atoms with Crippen molar-refractivity contribution in [2.75, 3.05) is 11.9 Å². The van der Waals surface area contributed by atoms with E-state index in [1.54, 1.807) is 18.2 Å². The van der Waals surface area contributed by atoms with Crippen LogP contribution in [0.1, 0.15) is 17.3 Å². The highest BCUT2D eigenvalue weighted by atomic mass is 35.5. The number of nitrogens with one attached hydrogen (secondary N) is 1. The predicted molar refractivity (Wildman–Crippen MR) is 105 cm³/mol. The first-order chi connectivity index (χ1) is 12.6. The number of urea groups is 1. The molecule has 0 spiro atoms. The first-order valence-electron chi connectivity index (χ1n) is 8.36. The summed E-state index contributed by atoms with van der Waals surface area (Å²) >= 11 is 12.0. The summed E-state index contributed by atoms with van der Waals surface area (Å²) in [7, 11) is 0. The Morgan fingerprint density at radius 3 is 2.54 bits per heavy atom. The van der Waals surface area contributed by atoms with E-state index < -0.39 is 0 Å². The summed E-state index contributed by atoms with van der Waals surface area (Å²) in [5.41, 5.74) is 2.81. The molecule has 0 bridgehead atoms. The number of fused-ring (bicyclic) bond motifs is 1. The van der Waals surface area contributed by atoms with Crippen LogP contribution < -0.4 is 5.32 Å². The second-order valence-electron chi connectivity index (χ2n) is 6.19. The Morgan fingerprint density at radius 2 is 1.77 bits per heavy atom. The van der Waals surface area contributed by atoms with Gasteiger partial charge in [0.15, 0.2) is 0 Å². The minimum Gasteiger partial charge on any atom is -0.348 e. The van der Waals surface area contributed by atoms with Gasteiger partial charge in [0.1, 0.15) is 0 Å². The van der Waals surface area contributed by atoms with Crippen LogP contribution in [0.5, 0.6) is 0 Å². The van der Waals surface area contributed by atoms with Crippen LogP contribution in [0.2, 0.25) is 10.0 Å². The van der Waals surface area contributed by atoms with Gasteiger partial charge in [-0.3, -0.25) is 0 Å². The average Bonchev–Trinajstić information content (AvgIpc) is 3.13. The number of rotatable bonds is 2. The second kappa shape index (κ2) is 7.06. The van der Waals surface area contributed by atoms with E-state index in [4.69, 9.17) is 23.2 Å². The Balaban J connectivity index is 1.65. The molecule has 1 N–H and O–H groups in total. The number of benzene rings is 2. The Morgan fingerprint density at radius 1 is 0.962 bits per heavy atom. The Hall–Kier alpha value is -2.43. The maximum Gasteiger partial charge on any atom is 0.322 e. The molecule has 0 aliphatic carbocycles. The van der Waals surface area contributed by atoms with Crippen LogP contribution in [-0.2, 0) is 6.54 Å². The summed E-state index contributed by atoms with van der Waals surface area (Å²) in [5.74, 6) is 0. The predicted octanol–water partition coefficient (Wildman–Crippen LogP) is 5.43. The van der Waals surface area contributed by atoms with E-state index in [0.717, 1.165) is 17.8 Å². The molecule has 2 aromatic carbocycles. The van der Waals surface area contributed by atoms with Crippen LogP contribution in [-0.4, -0.2) is 22.0 Å². The first kappa shape index (κ1) is 17.0. The number of hydrogen-bond donors (Lipinski definition) is 1. The molecule has 1 atom stereocenters. The third-order valence-corrected chi connectivity index (χ3v) is 5.32. The van der Waals surface area contributed by atoms with Gasteiger partial charge in [0.25, 0.3) is 0 Å². The number of aromatic nitrogens is 1. The molecule has 3 aromatic rings. The normalized spacial score (nSPS) is 16.2. The molecule has 1 aromatic heterocycles. The minimum atomic E-state index is -0.162. The molecule has 1 aliphatic heterocycles. The SMILES string of the molecule is O=C(Nc1ccc(Cl)c(Cl)c1)N1CCn2cccc2[C@@H]1c1ccccc1. The second-order valence-corrected chi connectivity index (χ2v) is 7.01. The summed E-state index contributed by atoms with van der Waals surface area (Å²) < 4.78 is 2.20. The number of hydrogen-bond acceptors (Lipinski definition) is 1. The first-order valence-corrected chi connectivity index (χ1v) is 9.12. The van der Waals surface area contributed by atoms with Crippen LogP contribution in [0.15, 0.2) is 66.9 Å². The van der Waals surface area contributed by atoms with Gasteiger partial charge in [-0.2, -0.15) is 0 Å². The van der Waals surface area contributed by atoms with Gasteiger partial charge in [-0.05, 0) is 35.9 Å². The fourth-order valence-electron chi connectivity index (χ4n) is 3.36. The average molecular weight is 386 g/mol. The topological polar surface area (TPSA) is 37.3 Å². The van der Waals surface area contributed by atoms with Crippen molar-refractivity contribution in [1.82, 2.24) is 9.47 Å². The smallest absolute Gasteiger partial charge is 0.322 e. The maximum absolute atomic E-state index is 13.0. The third-order valence-electron chi connectivity index (χ3n) is 4.59. The zero-order chi connectivity index (χ0) is 18.1. The van der Waals surface area contributed by atoms with E-state index in [1.165, 1.54) is 0 Å². The summed E-state index contributed by atoms with van der Waals surface area (Å²) in [6.45, 7) is 1.38. The van der Waals surface area contributed by atoms with Crippen LogP contribution in [0.3, 0.4) is 0 Å². The number of carbonyl (C=O) groups excluding carboxylic acids is 1. The van der Waals surface area contributed by atoms with Crippen molar-refractivity contribution in [3.05, 3.63) is 88.2 Å². The molecule has 0 saturated carbocycles. The molecule has 0 saturated heterocycles. The van der Waals surface area contributed by atoms with Crippen LogP contribution in [0, 0.1) is 0 Å². The molecule has 0 unspecified atom stereocenters. The van der Waals surface area contributed by atoms with Gasteiger partial charge in [-0.15, -0.1) is 0 Å². The van der Waals surface area contributed by atoms with Crippen molar-refractivity contribution in [2.24, 2.45) is 0 Å². The Kier molecular flexibility index (Phi) is 4.62. The lowest BCUT2D eigenvalue weighted by Crippen LogP contribution is -2.44. The molecule has 2 amide bonds. The highest BCUT2D eigenvalue weighted by Gasteiger charge is 2.32. The Labute approximate surface area is 161 Å². The lowest BCUT2D eigenvalue weighted by molar-refractivity contribution is 0.182. The standard InChI is InChI=1S/C20H17Cl2N3O/c21-16-9-8-15(13-17(16)22)23-20(26)25-12-11-24-10-4-7-18(24)19(25)14-5-2-1-3-6-14/h1-10,13,19H,11-12H2,(H,23,26)/t19-/m0/s1. The van der Waals surface area contributed by atoms with E-state index in [2.05, 4.69) is 22.1 Å². The number of nitrogens with zero attached hydrogens (tertiary/aromatic N) is 2. The third kappa shape index (κ3) is 3.18. The zero-order valence-corrected chi connectivity index (χ0v) is 15.4. The molecule has 6 heteroatoms. The molecule has 0 fully saturated rings. The Bertz CT molecular complexity index is 939. The van der Waals surface area contributed by atoms with Gasteiger partial charge < -0.3 is 14.8 Å². The molecule has 0 radical (unpaired) electrons. The number of carbonyl (C=O) groups is 1. The zero-order valence-electron chi connectivity index (χ0n) is 13.9. The lowest BCUT2D eigenvalue weighted by atomic mass is 10.0. The minimum absolute atomic E-state index is 0.136. The lowest BCUT2D eigenvalue weighted by Gasteiger charge is -2.37. The monoisotopic (exact) mass is 385 g/mol. The van der Waals surface area contributed by atoms with Gasteiger partial charge in [-0.25, -0.2) is 4.79 Å². The van der Waals surface area contributed by atoms with E-state index in [1.807, 2.05) is 41.3 Å². The fourth-order valence-corrected chi connectivity index (χ4v) is 3.66. The molecule has 26 heavy (non-hydrogen) atoms. The van der Waals surface area contributed by atoms with Gasteiger partial charge in [-0.1, -0.05) is 53.5 Å². The number of halogens is 2. The molecule has 1 aliphatic rings. The summed E-state index contributed by atoms with van der Waals surface area (Å²) in [4.78, 5) is 14.9. The molecule has 2 heterocycles. The molecular weight excluding hydrogens is 369 g/mol. The van der Waals surface area contributed by atoms with Gasteiger partial charge in [0.05, 0.1) is 16.1 Å². The van der Waals surface area contributed by atoms with Crippen molar-refractivity contribution in [3.63, 3.8) is 0 Å². The highest BCUT2D eigenvalue weighted by molar-refractivity contribution is 6.42. The van der Waals surface area contributed by atoms with Crippen LogP contribution >= 0.6 is 23.2 Å². The van der Waals surface area contributed by atoms with Crippen molar-refractivity contribution in [2.45, 2.75) is 12.6 Å². The quantitative estimate of drug-likeness (QED) is 0.626. The summed E-state index contributed by atoms with van der Waals surface area (Å²) in [6, 6.07) is 18.9. The fraction of sp³-hybridized carbons (Fsp3) is 0.150. The van der Waals surface area contributed by atoms with Crippen molar-refractivity contribution in [3.8, 4) is 0 Å². The van der Waals surface area contributed by atoms with Crippen molar-refractivity contribution < 1.29 is 4.79 Å². The highest BCUT2D eigenvalue weighted by Crippen LogP contribution is 2.33. The van der Waals surface area contributed by atoms with E-state index in [9.17, 15) is 4.79 Å². The van der Waals surface area contributed by atoms with E-state index in [0.29, 0.717) is 22.3 Å². The van der Waals surface area contributed by atoms with Gasteiger partial charge >= 0.3 is 6.03 Å². The van der Waals surface area contributed by atoms with Crippen molar-refractivity contribution in [1.29, 1.82) is 0 Å². The molecule has 4 nitrogen and oxygen atoms in total. The largest absolute Gasteiger partial charge is 0.348 e. The molecule has 132 valence electrons. The van der Waals surface area contributed by atoms with Crippen LogP contribution in [0.25, 0.3) is 0 Å². The number of amides is 2. The van der Waals surface area contributed by atoms with Gasteiger partial charge in [0, 0.05) is 30.7 Å². The van der Waals surface area contributed by atoms with Gasteiger partial charge in [0.2, 0.25) is 0 Å².